The third-order valence-electron chi connectivity index (χ3n) is 6.49. The molecular formula is C26H30N6O12S4. The van der Waals surface area contributed by atoms with Gasteiger partial charge in [-0.05, 0) is 24.3 Å². The van der Waals surface area contributed by atoms with Gasteiger partial charge in [-0.25, -0.2) is 9.59 Å². The van der Waals surface area contributed by atoms with E-state index in [-0.39, 0.29) is 58.9 Å². The number of nitrogen functional groups attached to an aromatic ring is 2. The first-order valence-electron chi connectivity index (χ1n) is 13.5. The summed E-state index contributed by atoms with van der Waals surface area (Å²) in [5.74, 6) is 1.63. The zero-order valence-electron chi connectivity index (χ0n) is 24.5. The van der Waals surface area contributed by atoms with E-state index in [4.69, 9.17) is 40.3 Å². The molecule has 2 aliphatic heterocycles. The van der Waals surface area contributed by atoms with Crippen molar-refractivity contribution in [2.24, 2.45) is 0 Å². The van der Waals surface area contributed by atoms with Gasteiger partial charge in [0.2, 0.25) is 0 Å². The SMILES string of the molecule is Nc1ccn([C@@H]2CS[C@H](CO)O2)c(=O)n1.Nc1ccn([C@@H]2CS[C@H](CO)O2)c(=O)n1.O=S(=O)(O)c1cccc2c(S(=O)(=O)O)cccc12. The predicted molar refractivity (Wildman–Crippen MR) is 176 cm³/mol. The van der Waals surface area contributed by atoms with Gasteiger partial charge >= 0.3 is 11.4 Å². The number of aromatic nitrogens is 4. The summed E-state index contributed by atoms with van der Waals surface area (Å²) in [5.41, 5.74) is 9.35. The number of thioether (sulfide) groups is 2. The zero-order chi connectivity index (χ0) is 35.2. The number of nitrogens with two attached hydrogens (primary N) is 2. The quantitative estimate of drug-likeness (QED) is 0.143. The molecule has 0 radical (unpaired) electrons. The van der Waals surface area contributed by atoms with E-state index >= 15 is 0 Å². The van der Waals surface area contributed by atoms with Crippen LogP contribution in [-0.2, 0) is 29.7 Å². The van der Waals surface area contributed by atoms with Crippen LogP contribution in [0.15, 0.2) is 80.3 Å². The fourth-order valence-electron chi connectivity index (χ4n) is 4.36. The summed E-state index contributed by atoms with van der Waals surface area (Å²) in [6.45, 7) is -0.114. The maximum atomic E-state index is 11.4. The van der Waals surface area contributed by atoms with E-state index < -0.39 is 41.4 Å². The summed E-state index contributed by atoms with van der Waals surface area (Å²) in [4.78, 5) is 29.3. The first kappa shape index (κ1) is 37.2. The molecular weight excluding hydrogens is 717 g/mol. The lowest BCUT2D eigenvalue weighted by atomic mass is 10.1. The van der Waals surface area contributed by atoms with Crippen LogP contribution in [0.25, 0.3) is 10.8 Å². The smallest absolute Gasteiger partial charge is 0.351 e. The molecule has 0 unspecified atom stereocenters. The second-order valence-electron chi connectivity index (χ2n) is 9.71. The Bertz CT molecular complexity index is 1950. The minimum atomic E-state index is -4.47. The molecule has 8 N–H and O–H groups in total. The lowest BCUT2D eigenvalue weighted by Gasteiger charge is -2.13. The highest BCUT2D eigenvalue weighted by molar-refractivity contribution is 8.00. The fourth-order valence-corrected chi connectivity index (χ4v) is 7.64. The second kappa shape index (κ2) is 15.8. The topological polar surface area (TPSA) is 289 Å². The van der Waals surface area contributed by atoms with Gasteiger partial charge in [0.05, 0.1) is 13.2 Å². The van der Waals surface area contributed by atoms with Gasteiger partial charge < -0.3 is 31.2 Å². The van der Waals surface area contributed by atoms with Gasteiger partial charge in [0, 0.05) is 34.7 Å². The Morgan fingerprint density at radius 3 is 1.38 bits per heavy atom. The molecule has 2 fully saturated rings. The molecule has 0 spiro atoms. The van der Waals surface area contributed by atoms with Crippen molar-refractivity contribution in [3.05, 3.63) is 81.9 Å². The van der Waals surface area contributed by atoms with Gasteiger partial charge in [0.1, 0.15) is 44.8 Å². The highest BCUT2D eigenvalue weighted by Crippen LogP contribution is 2.31. The number of fused-ring (bicyclic) bond motifs is 1. The number of rotatable bonds is 6. The van der Waals surface area contributed by atoms with Crippen molar-refractivity contribution >= 4 is 66.2 Å². The zero-order valence-corrected chi connectivity index (χ0v) is 27.8. The van der Waals surface area contributed by atoms with Crippen LogP contribution in [0.4, 0.5) is 11.6 Å². The van der Waals surface area contributed by atoms with Crippen molar-refractivity contribution < 1.29 is 45.6 Å². The molecule has 0 bridgehead atoms. The van der Waals surface area contributed by atoms with E-state index in [1.165, 1.54) is 56.9 Å². The Labute approximate surface area is 281 Å². The number of nitrogens with zero attached hydrogens (tertiary/aromatic N) is 4. The van der Waals surface area contributed by atoms with Crippen molar-refractivity contribution in [2.45, 2.75) is 33.1 Å². The molecule has 2 aromatic carbocycles. The Hall–Kier alpha value is -3.58. The van der Waals surface area contributed by atoms with Crippen molar-refractivity contribution in [1.29, 1.82) is 0 Å². The molecule has 48 heavy (non-hydrogen) atoms. The van der Waals surface area contributed by atoms with E-state index in [1.54, 1.807) is 24.5 Å². The molecule has 6 rings (SSSR count). The largest absolute Gasteiger partial charge is 0.393 e. The van der Waals surface area contributed by atoms with Crippen LogP contribution in [0.3, 0.4) is 0 Å². The van der Waals surface area contributed by atoms with Gasteiger partial charge in [-0.15, -0.1) is 23.5 Å². The molecule has 2 saturated heterocycles. The molecule has 0 aliphatic carbocycles. The Kier molecular flexibility index (Phi) is 12.2. The van der Waals surface area contributed by atoms with Crippen molar-refractivity contribution in [2.75, 3.05) is 36.2 Å². The number of anilines is 2. The number of hydrogen-bond donors (Lipinski definition) is 6. The standard InChI is InChI=1S/C10H8O6S2.2C8H11N3O3S/c11-17(12,13)9-5-1-3-7-8(9)4-2-6-10(7)18(14,15)16;2*9-5-1-2-11(8(13)10-5)6-4-15-7(3-12)14-6/h1-6H,(H,11,12,13)(H,14,15,16);2*1-2,6-7,12H,3-4H2,(H2,9,10,13)/t;2*6-,7+/m.00/s1. The van der Waals surface area contributed by atoms with E-state index in [9.17, 15) is 26.4 Å². The number of hydrogen-bond acceptors (Lipinski definition) is 16. The maximum Gasteiger partial charge on any atom is 0.351 e. The average Bonchev–Trinajstić information content (AvgIpc) is 3.70. The summed E-state index contributed by atoms with van der Waals surface area (Å²) in [5, 5.41) is 17.8. The van der Waals surface area contributed by atoms with Gasteiger partial charge in [-0.2, -0.15) is 26.8 Å². The van der Waals surface area contributed by atoms with Crippen LogP contribution < -0.4 is 22.8 Å². The van der Waals surface area contributed by atoms with Crippen molar-refractivity contribution in [1.82, 2.24) is 19.1 Å². The Morgan fingerprint density at radius 1 is 0.708 bits per heavy atom. The summed E-state index contributed by atoms with van der Waals surface area (Å²) in [6.07, 6.45) is 2.37. The van der Waals surface area contributed by atoms with Crippen molar-refractivity contribution in [3.8, 4) is 0 Å². The Balaban J connectivity index is 0.000000164. The van der Waals surface area contributed by atoms with Crippen LogP contribution in [0, 0.1) is 0 Å². The summed E-state index contributed by atoms with van der Waals surface area (Å²) < 4.78 is 76.3. The predicted octanol–water partition coefficient (Wildman–Crippen LogP) is 0.145. The van der Waals surface area contributed by atoms with Crippen molar-refractivity contribution in [3.63, 3.8) is 0 Å². The van der Waals surface area contributed by atoms with Crippen LogP contribution in [0.5, 0.6) is 0 Å². The molecule has 2 aromatic heterocycles. The molecule has 22 heteroatoms. The first-order valence-corrected chi connectivity index (χ1v) is 18.5. The van der Waals surface area contributed by atoms with Crippen LogP contribution >= 0.6 is 23.5 Å². The van der Waals surface area contributed by atoms with Crippen LogP contribution in [0.1, 0.15) is 12.5 Å². The highest BCUT2D eigenvalue weighted by Gasteiger charge is 2.28. The minimum Gasteiger partial charge on any atom is -0.393 e. The minimum absolute atomic E-state index is 0.0233. The van der Waals surface area contributed by atoms with Crippen LogP contribution in [0.2, 0.25) is 0 Å². The second-order valence-corrected chi connectivity index (χ2v) is 14.9. The number of ether oxygens (including phenoxy) is 2. The first-order chi connectivity index (χ1) is 22.6. The molecule has 4 atom stereocenters. The lowest BCUT2D eigenvalue weighted by molar-refractivity contribution is -0.00634. The number of aliphatic hydroxyl groups excluding tert-OH is 2. The molecule has 4 heterocycles. The molecule has 4 aromatic rings. The van der Waals surface area contributed by atoms with E-state index in [0.29, 0.717) is 11.5 Å². The normalized spacial score (nSPS) is 20.8. The van der Waals surface area contributed by atoms with E-state index in [1.807, 2.05) is 0 Å². The number of aliphatic hydroxyl groups is 2. The fraction of sp³-hybridized carbons (Fsp3) is 0.308. The van der Waals surface area contributed by atoms with Gasteiger partial charge in [-0.3, -0.25) is 18.2 Å². The monoisotopic (exact) mass is 746 g/mol. The molecule has 18 nitrogen and oxygen atoms in total. The summed E-state index contributed by atoms with van der Waals surface area (Å²) >= 11 is 2.93. The lowest BCUT2D eigenvalue weighted by Crippen LogP contribution is -2.28. The van der Waals surface area contributed by atoms with E-state index in [0.717, 1.165) is 12.1 Å². The molecule has 0 saturated carbocycles. The molecule has 0 amide bonds. The third-order valence-corrected chi connectivity index (χ3v) is 10.5. The molecule has 260 valence electrons. The molecule has 2 aliphatic rings. The highest BCUT2D eigenvalue weighted by atomic mass is 32.2. The number of benzene rings is 2. The summed E-state index contributed by atoms with van der Waals surface area (Å²) in [7, 11) is -8.94. The Morgan fingerprint density at radius 2 is 1.08 bits per heavy atom. The third kappa shape index (κ3) is 9.31. The van der Waals surface area contributed by atoms with E-state index in [2.05, 4.69) is 9.97 Å². The van der Waals surface area contributed by atoms with Gasteiger partial charge in [-0.1, -0.05) is 24.3 Å². The maximum absolute atomic E-state index is 11.4. The van der Waals surface area contributed by atoms with Gasteiger partial charge in [0.25, 0.3) is 20.2 Å². The van der Waals surface area contributed by atoms with Crippen LogP contribution in [-0.4, -0.2) is 90.8 Å². The summed E-state index contributed by atoms with van der Waals surface area (Å²) in [6, 6.07) is 10.6. The van der Waals surface area contributed by atoms with Gasteiger partial charge in [0.15, 0.2) is 0 Å². The average molecular weight is 747 g/mol.